The van der Waals surface area contributed by atoms with Crippen molar-refractivity contribution in [2.45, 2.75) is 61.5 Å². The molecule has 7 heteroatoms. The van der Waals surface area contributed by atoms with Crippen LogP contribution in [0.4, 0.5) is 0 Å². The van der Waals surface area contributed by atoms with Gasteiger partial charge < -0.3 is 5.32 Å². The van der Waals surface area contributed by atoms with E-state index < -0.39 is 0 Å². The molecule has 126 valence electrons. The molecule has 1 amide bonds. The maximum Gasteiger partial charge on any atom is 0.233 e. The number of aromatic nitrogens is 4. The Balaban J connectivity index is 1.42. The molecule has 2 aliphatic carbocycles. The number of aryl methyl sites for hydroxylation is 1. The van der Waals surface area contributed by atoms with E-state index in [0.717, 1.165) is 37.3 Å². The quantitative estimate of drug-likeness (QED) is 0.845. The van der Waals surface area contributed by atoms with Gasteiger partial charge in [-0.1, -0.05) is 36.0 Å². The third-order valence-corrected chi connectivity index (χ3v) is 5.74. The van der Waals surface area contributed by atoms with Gasteiger partial charge in [0.15, 0.2) is 0 Å². The number of carbonyl (C=O) groups is 1. The molecule has 1 N–H and O–H groups in total. The SMILES string of the molecule is C[C@@H](Sc1nnnn1C1CC1)C(=O)N[C@H]1CCCc2ccccc21. The highest BCUT2D eigenvalue weighted by Crippen LogP contribution is 2.37. The molecule has 6 nitrogen and oxygen atoms in total. The fourth-order valence-corrected chi connectivity index (χ4v) is 4.08. The average Bonchev–Trinajstić information content (AvgIpc) is 3.34. The molecule has 2 aliphatic rings. The first-order chi connectivity index (χ1) is 11.7. The van der Waals surface area contributed by atoms with Crippen LogP contribution < -0.4 is 5.32 Å². The van der Waals surface area contributed by atoms with Gasteiger partial charge in [0.1, 0.15) is 0 Å². The van der Waals surface area contributed by atoms with Gasteiger partial charge in [-0.15, -0.1) is 5.10 Å². The van der Waals surface area contributed by atoms with Gasteiger partial charge in [0.25, 0.3) is 0 Å². The van der Waals surface area contributed by atoms with Crippen molar-refractivity contribution in [3.63, 3.8) is 0 Å². The number of thioether (sulfide) groups is 1. The lowest BCUT2D eigenvalue weighted by Gasteiger charge is -2.27. The zero-order chi connectivity index (χ0) is 16.5. The van der Waals surface area contributed by atoms with Crippen molar-refractivity contribution in [1.82, 2.24) is 25.5 Å². The maximum absolute atomic E-state index is 12.6. The lowest BCUT2D eigenvalue weighted by molar-refractivity contribution is -0.121. The third-order valence-electron chi connectivity index (χ3n) is 4.69. The number of fused-ring (bicyclic) bond motifs is 1. The second-order valence-electron chi connectivity index (χ2n) is 6.55. The van der Waals surface area contributed by atoms with Crippen LogP contribution in [0.2, 0.25) is 0 Å². The molecule has 0 aliphatic heterocycles. The monoisotopic (exact) mass is 343 g/mol. The van der Waals surface area contributed by atoms with Crippen LogP contribution in [0.1, 0.15) is 55.8 Å². The zero-order valence-electron chi connectivity index (χ0n) is 13.7. The van der Waals surface area contributed by atoms with Crippen LogP contribution in [0, 0.1) is 0 Å². The number of benzene rings is 1. The van der Waals surface area contributed by atoms with Gasteiger partial charge in [0.2, 0.25) is 11.1 Å². The smallest absolute Gasteiger partial charge is 0.233 e. The fraction of sp³-hybridized carbons (Fsp3) is 0.529. The van der Waals surface area contributed by atoms with Crippen LogP contribution in [0.15, 0.2) is 29.4 Å². The molecule has 1 heterocycles. The molecular formula is C17H21N5OS. The first-order valence-electron chi connectivity index (χ1n) is 8.55. The van der Waals surface area contributed by atoms with Crippen LogP contribution in [0.5, 0.6) is 0 Å². The van der Waals surface area contributed by atoms with Gasteiger partial charge in [0.05, 0.1) is 17.3 Å². The molecule has 0 unspecified atom stereocenters. The van der Waals surface area contributed by atoms with E-state index in [9.17, 15) is 4.79 Å². The Hall–Kier alpha value is -1.89. The van der Waals surface area contributed by atoms with E-state index in [1.165, 1.54) is 22.9 Å². The topological polar surface area (TPSA) is 72.7 Å². The summed E-state index contributed by atoms with van der Waals surface area (Å²) in [6, 6.07) is 8.94. The summed E-state index contributed by atoms with van der Waals surface area (Å²) in [5.74, 6) is 0.0482. The van der Waals surface area contributed by atoms with Crippen molar-refractivity contribution in [2.75, 3.05) is 0 Å². The van der Waals surface area contributed by atoms with E-state index in [1.54, 1.807) is 0 Å². The van der Waals surface area contributed by atoms with Crippen molar-refractivity contribution < 1.29 is 4.79 Å². The Kier molecular flexibility index (Phi) is 4.26. The van der Waals surface area contributed by atoms with Crippen molar-refractivity contribution in [2.24, 2.45) is 0 Å². The molecular weight excluding hydrogens is 322 g/mol. The van der Waals surface area contributed by atoms with E-state index in [1.807, 2.05) is 17.7 Å². The molecule has 4 rings (SSSR count). The normalized spacial score (nSPS) is 21.1. The second-order valence-corrected chi connectivity index (χ2v) is 7.86. The Morgan fingerprint density at radius 2 is 2.17 bits per heavy atom. The summed E-state index contributed by atoms with van der Waals surface area (Å²) < 4.78 is 1.85. The summed E-state index contributed by atoms with van der Waals surface area (Å²) >= 11 is 1.44. The second kappa shape index (κ2) is 6.55. The first-order valence-corrected chi connectivity index (χ1v) is 9.43. The molecule has 1 saturated carbocycles. The number of nitrogens with one attached hydrogen (secondary N) is 1. The number of rotatable bonds is 5. The molecule has 24 heavy (non-hydrogen) atoms. The summed E-state index contributed by atoms with van der Waals surface area (Å²) in [4.78, 5) is 12.6. The summed E-state index contributed by atoms with van der Waals surface area (Å²) in [5.41, 5.74) is 2.61. The minimum atomic E-state index is -0.220. The van der Waals surface area contributed by atoms with E-state index in [-0.39, 0.29) is 17.2 Å². The minimum absolute atomic E-state index is 0.0482. The standard InChI is InChI=1S/C17H21N5OS/c1-11(24-17-19-20-21-22(17)13-9-10-13)16(23)18-15-8-4-6-12-5-2-3-7-14(12)15/h2-3,5,7,11,13,15H,4,6,8-10H2,1H3,(H,18,23)/t11-,15+/m1/s1. The minimum Gasteiger partial charge on any atom is -0.348 e. The van der Waals surface area contributed by atoms with Crippen molar-refractivity contribution in [3.05, 3.63) is 35.4 Å². The van der Waals surface area contributed by atoms with Gasteiger partial charge in [-0.25, -0.2) is 4.68 Å². The number of hydrogen-bond acceptors (Lipinski definition) is 5. The number of nitrogens with zero attached hydrogens (tertiary/aromatic N) is 4. The molecule has 0 bridgehead atoms. The van der Waals surface area contributed by atoms with E-state index in [2.05, 4.69) is 39.0 Å². The Morgan fingerprint density at radius 3 is 3.00 bits per heavy atom. The average molecular weight is 343 g/mol. The number of carbonyl (C=O) groups excluding carboxylic acids is 1. The highest BCUT2D eigenvalue weighted by atomic mass is 32.2. The van der Waals surface area contributed by atoms with Gasteiger partial charge in [0, 0.05) is 0 Å². The largest absolute Gasteiger partial charge is 0.348 e. The Labute approximate surface area is 145 Å². The van der Waals surface area contributed by atoms with Crippen LogP contribution in [0.3, 0.4) is 0 Å². The van der Waals surface area contributed by atoms with Crippen LogP contribution in [-0.4, -0.2) is 31.4 Å². The number of tetrazole rings is 1. The summed E-state index contributed by atoms with van der Waals surface area (Å²) in [6.07, 6.45) is 5.46. The first kappa shape index (κ1) is 15.6. The summed E-state index contributed by atoms with van der Waals surface area (Å²) in [7, 11) is 0. The fourth-order valence-electron chi connectivity index (χ4n) is 3.22. The van der Waals surface area contributed by atoms with Crippen LogP contribution >= 0.6 is 11.8 Å². The highest BCUT2D eigenvalue weighted by Gasteiger charge is 2.30. The molecule has 0 spiro atoms. The molecule has 0 radical (unpaired) electrons. The predicted octanol–water partition coefficient (Wildman–Crippen LogP) is 2.68. The molecule has 2 aromatic rings. The summed E-state index contributed by atoms with van der Waals surface area (Å²) in [6.45, 7) is 1.92. The lowest BCUT2D eigenvalue weighted by Crippen LogP contribution is -2.36. The van der Waals surface area contributed by atoms with Crippen molar-refractivity contribution in [1.29, 1.82) is 0 Å². The van der Waals surface area contributed by atoms with E-state index >= 15 is 0 Å². The lowest BCUT2D eigenvalue weighted by atomic mass is 9.88. The highest BCUT2D eigenvalue weighted by molar-refractivity contribution is 8.00. The van der Waals surface area contributed by atoms with Crippen molar-refractivity contribution in [3.8, 4) is 0 Å². The van der Waals surface area contributed by atoms with E-state index in [0.29, 0.717) is 6.04 Å². The van der Waals surface area contributed by atoms with Crippen molar-refractivity contribution >= 4 is 17.7 Å². The molecule has 1 aromatic heterocycles. The van der Waals surface area contributed by atoms with Gasteiger partial charge in [-0.2, -0.15) is 0 Å². The predicted molar refractivity (Wildman–Crippen MR) is 91.7 cm³/mol. The number of hydrogen-bond donors (Lipinski definition) is 1. The van der Waals surface area contributed by atoms with Crippen LogP contribution in [-0.2, 0) is 11.2 Å². The van der Waals surface area contributed by atoms with Crippen LogP contribution in [0.25, 0.3) is 0 Å². The molecule has 2 atom stereocenters. The molecule has 1 fully saturated rings. The van der Waals surface area contributed by atoms with Gasteiger partial charge in [-0.05, 0) is 60.6 Å². The summed E-state index contributed by atoms with van der Waals surface area (Å²) in [5, 5.41) is 15.6. The molecule has 1 aromatic carbocycles. The maximum atomic E-state index is 12.6. The molecule has 0 saturated heterocycles. The Morgan fingerprint density at radius 1 is 1.33 bits per heavy atom. The zero-order valence-corrected chi connectivity index (χ0v) is 14.5. The number of amides is 1. The third kappa shape index (κ3) is 3.17. The Bertz CT molecular complexity index is 742. The van der Waals surface area contributed by atoms with Gasteiger partial charge in [-0.3, -0.25) is 4.79 Å². The van der Waals surface area contributed by atoms with Gasteiger partial charge >= 0.3 is 0 Å². The van der Waals surface area contributed by atoms with E-state index in [4.69, 9.17) is 0 Å².